The zero-order chi connectivity index (χ0) is 24.8. The van der Waals surface area contributed by atoms with Crippen LogP contribution in [-0.2, 0) is 16.0 Å². The standard InChI is InChI=1S/C26H26F2N2O4S/c1-33-13-12-29(26(32)18-5-4-6-19(27)15-18)16-25(31)30-11-9-24-20(10-14-35-24)22(30)17-34-23-8-3-2-7-21(23)28/h2-8,10,14-15,22H,9,11-13,16-17H2,1H3/t22-/m1/s1. The molecule has 0 saturated carbocycles. The van der Waals surface area contributed by atoms with E-state index in [0.29, 0.717) is 13.0 Å². The normalized spacial score (nSPS) is 14.9. The summed E-state index contributed by atoms with van der Waals surface area (Å²) in [6.45, 7) is 0.721. The van der Waals surface area contributed by atoms with Gasteiger partial charge in [0.25, 0.3) is 5.91 Å². The molecule has 0 aliphatic carbocycles. The summed E-state index contributed by atoms with van der Waals surface area (Å²) in [6, 6.07) is 13.0. The molecule has 9 heteroatoms. The molecule has 35 heavy (non-hydrogen) atoms. The predicted molar refractivity (Wildman–Crippen MR) is 129 cm³/mol. The van der Waals surface area contributed by atoms with E-state index in [1.54, 1.807) is 34.4 Å². The molecule has 0 saturated heterocycles. The number of ether oxygens (including phenoxy) is 2. The lowest BCUT2D eigenvalue weighted by molar-refractivity contribution is -0.135. The van der Waals surface area contributed by atoms with Gasteiger partial charge in [0.05, 0.1) is 12.6 Å². The Morgan fingerprint density at radius 2 is 1.97 bits per heavy atom. The maximum absolute atomic E-state index is 14.1. The first-order chi connectivity index (χ1) is 17.0. The lowest BCUT2D eigenvalue weighted by atomic mass is 10.0. The van der Waals surface area contributed by atoms with E-state index in [-0.39, 0.29) is 43.5 Å². The van der Waals surface area contributed by atoms with Gasteiger partial charge in [-0.3, -0.25) is 9.59 Å². The number of hydrogen-bond acceptors (Lipinski definition) is 5. The van der Waals surface area contributed by atoms with Crippen LogP contribution in [0.25, 0.3) is 0 Å². The van der Waals surface area contributed by atoms with Crippen LogP contribution in [0, 0.1) is 11.6 Å². The van der Waals surface area contributed by atoms with E-state index >= 15 is 0 Å². The number of methoxy groups -OCH3 is 1. The lowest BCUT2D eigenvalue weighted by Gasteiger charge is -2.37. The topological polar surface area (TPSA) is 59.1 Å². The Balaban J connectivity index is 1.53. The predicted octanol–water partition coefficient (Wildman–Crippen LogP) is 4.32. The van der Waals surface area contributed by atoms with Gasteiger partial charge >= 0.3 is 0 Å². The molecule has 2 amide bonds. The van der Waals surface area contributed by atoms with Crippen LogP contribution >= 0.6 is 11.3 Å². The van der Waals surface area contributed by atoms with Gasteiger partial charge in [-0.1, -0.05) is 18.2 Å². The third kappa shape index (κ3) is 5.86. The van der Waals surface area contributed by atoms with Crippen molar-refractivity contribution >= 4 is 23.2 Å². The van der Waals surface area contributed by atoms with Gasteiger partial charge < -0.3 is 19.3 Å². The number of fused-ring (bicyclic) bond motifs is 1. The number of nitrogens with zero attached hydrogens (tertiary/aromatic N) is 2. The van der Waals surface area contributed by atoms with Gasteiger partial charge in [-0.2, -0.15) is 0 Å². The average molecular weight is 501 g/mol. The Morgan fingerprint density at radius 3 is 2.74 bits per heavy atom. The first-order valence-electron chi connectivity index (χ1n) is 11.2. The van der Waals surface area contributed by atoms with E-state index in [2.05, 4.69) is 0 Å². The summed E-state index contributed by atoms with van der Waals surface area (Å²) >= 11 is 1.61. The highest BCUT2D eigenvalue weighted by Crippen LogP contribution is 2.34. The summed E-state index contributed by atoms with van der Waals surface area (Å²) in [5, 5.41) is 1.97. The minimum Gasteiger partial charge on any atom is -0.488 e. The highest BCUT2D eigenvalue weighted by molar-refractivity contribution is 7.10. The maximum atomic E-state index is 14.1. The molecule has 0 fully saturated rings. The fourth-order valence-corrected chi connectivity index (χ4v) is 5.05. The third-order valence-corrected chi connectivity index (χ3v) is 6.90. The third-order valence-electron chi connectivity index (χ3n) is 5.90. The minimum atomic E-state index is -0.528. The van der Waals surface area contributed by atoms with E-state index in [4.69, 9.17) is 9.47 Å². The van der Waals surface area contributed by atoms with Crippen molar-refractivity contribution in [1.82, 2.24) is 9.80 Å². The molecule has 0 spiro atoms. The van der Waals surface area contributed by atoms with Crippen molar-refractivity contribution in [1.29, 1.82) is 0 Å². The number of carbonyl (C=O) groups is 2. The molecule has 1 aliphatic heterocycles. The van der Waals surface area contributed by atoms with Gasteiger partial charge in [-0.15, -0.1) is 11.3 Å². The van der Waals surface area contributed by atoms with Crippen molar-refractivity contribution in [2.75, 3.05) is 40.0 Å². The molecule has 6 nitrogen and oxygen atoms in total. The second-order valence-corrected chi connectivity index (χ2v) is 9.12. The molecular weight excluding hydrogens is 474 g/mol. The Morgan fingerprint density at radius 1 is 1.14 bits per heavy atom. The average Bonchev–Trinajstić information content (AvgIpc) is 3.34. The zero-order valence-corrected chi connectivity index (χ0v) is 20.1. The number of para-hydroxylation sites is 1. The first-order valence-corrected chi connectivity index (χ1v) is 12.1. The van der Waals surface area contributed by atoms with Gasteiger partial charge in [-0.05, 0) is 53.8 Å². The Bertz CT molecular complexity index is 1190. The molecule has 1 atom stereocenters. The molecule has 0 bridgehead atoms. The van der Waals surface area contributed by atoms with Crippen LogP contribution in [0.15, 0.2) is 60.0 Å². The van der Waals surface area contributed by atoms with Crippen LogP contribution in [0.5, 0.6) is 5.75 Å². The van der Waals surface area contributed by atoms with Crippen LogP contribution in [0.1, 0.15) is 26.8 Å². The number of carbonyl (C=O) groups excluding carboxylic acids is 2. The number of rotatable bonds is 9. The molecule has 0 unspecified atom stereocenters. The van der Waals surface area contributed by atoms with Crippen LogP contribution < -0.4 is 4.74 Å². The van der Waals surface area contributed by atoms with Crippen molar-refractivity contribution in [3.63, 3.8) is 0 Å². The molecule has 184 valence electrons. The Labute approximate surface area is 206 Å². The molecule has 1 aliphatic rings. The summed E-state index contributed by atoms with van der Waals surface area (Å²) < 4.78 is 38.7. The second kappa shape index (κ2) is 11.4. The van der Waals surface area contributed by atoms with E-state index in [9.17, 15) is 18.4 Å². The Hall–Kier alpha value is -3.30. The first kappa shape index (κ1) is 24.8. The van der Waals surface area contributed by atoms with Gasteiger partial charge in [0.1, 0.15) is 19.0 Å². The number of halogens is 2. The summed E-state index contributed by atoms with van der Waals surface area (Å²) in [4.78, 5) is 30.8. The highest BCUT2D eigenvalue weighted by Gasteiger charge is 2.33. The summed E-state index contributed by atoms with van der Waals surface area (Å²) in [5.74, 6) is -1.62. The van der Waals surface area contributed by atoms with Crippen LogP contribution in [0.2, 0.25) is 0 Å². The summed E-state index contributed by atoms with van der Waals surface area (Å²) in [7, 11) is 1.51. The largest absolute Gasteiger partial charge is 0.488 e. The van der Waals surface area contributed by atoms with E-state index < -0.39 is 23.6 Å². The number of benzene rings is 2. The molecule has 0 N–H and O–H groups in total. The monoisotopic (exact) mass is 500 g/mol. The SMILES string of the molecule is COCCN(CC(=O)N1CCc2sccc2[C@H]1COc1ccccc1F)C(=O)c1cccc(F)c1. The molecule has 3 aromatic rings. The van der Waals surface area contributed by atoms with Crippen molar-refractivity contribution in [2.24, 2.45) is 0 Å². The van der Waals surface area contributed by atoms with E-state index in [1.165, 1.54) is 36.3 Å². The van der Waals surface area contributed by atoms with Crippen molar-refractivity contribution in [3.05, 3.63) is 87.6 Å². The summed E-state index contributed by atoms with van der Waals surface area (Å²) in [5.41, 5.74) is 1.12. The van der Waals surface area contributed by atoms with Crippen molar-refractivity contribution in [2.45, 2.75) is 12.5 Å². The molecule has 2 heterocycles. The van der Waals surface area contributed by atoms with E-state index in [0.717, 1.165) is 16.5 Å². The maximum Gasteiger partial charge on any atom is 0.254 e. The van der Waals surface area contributed by atoms with Gasteiger partial charge in [0, 0.05) is 30.6 Å². The smallest absolute Gasteiger partial charge is 0.254 e. The minimum absolute atomic E-state index is 0.0757. The van der Waals surface area contributed by atoms with Crippen LogP contribution in [0.4, 0.5) is 8.78 Å². The van der Waals surface area contributed by atoms with Gasteiger partial charge in [0.15, 0.2) is 11.6 Å². The molecular formula is C26H26F2N2O4S. The van der Waals surface area contributed by atoms with Crippen LogP contribution in [0.3, 0.4) is 0 Å². The van der Waals surface area contributed by atoms with Crippen molar-refractivity contribution < 1.29 is 27.8 Å². The van der Waals surface area contributed by atoms with Gasteiger partial charge in [0.2, 0.25) is 5.91 Å². The molecule has 4 rings (SSSR count). The fourth-order valence-electron chi connectivity index (χ4n) is 4.12. The lowest BCUT2D eigenvalue weighted by Crippen LogP contribution is -2.48. The number of hydrogen-bond donors (Lipinski definition) is 0. The molecule has 0 radical (unpaired) electrons. The van der Waals surface area contributed by atoms with Crippen LogP contribution in [-0.4, -0.2) is 61.6 Å². The molecule has 1 aromatic heterocycles. The fraction of sp³-hybridized carbons (Fsp3) is 0.308. The zero-order valence-electron chi connectivity index (χ0n) is 19.3. The molecule has 2 aromatic carbocycles. The highest BCUT2D eigenvalue weighted by atomic mass is 32.1. The quantitative estimate of drug-likeness (QED) is 0.439. The number of thiophene rings is 1. The summed E-state index contributed by atoms with van der Waals surface area (Å²) in [6.07, 6.45) is 0.685. The van der Waals surface area contributed by atoms with Gasteiger partial charge in [-0.25, -0.2) is 8.78 Å². The Kier molecular flexibility index (Phi) is 8.09. The second-order valence-electron chi connectivity index (χ2n) is 8.12. The number of amides is 2. The van der Waals surface area contributed by atoms with Crippen molar-refractivity contribution in [3.8, 4) is 5.75 Å². The van der Waals surface area contributed by atoms with E-state index in [1.807, 2.05) is 11.4 Å².